The fourth-order valence-corrected chi connectivity index (χ4v) is 3.50. The van der Waals surface area contributed by atoms with Crippen LogP contribution in [-0.4, -0.2) is 23.0 Å². The number of amides is 2. The Balaban J connectivity index is 1.63. The van der Waals surface area contributed by atoms with Crippen LogP contribution in [0, 0.1) is 6.92 Å². The summed E-state index contributed by atoms with van der Waals surface area (Å²) in [5.74, 6) is 0. The van der Waals surface area contributed by atoms with Crippen LogP contribution < -0.4 is 5.32 Å². The Morgan fingerprint density at radius 1 is 1.38 bits per heavy atom. The first kappa shape index (κ1) is 14.1. The fourth-order valence-electron chi connectivity index (χ4n) is 2.65. The van der Waals surface area contributed by atoms with Crippen molar-refractivity contribution in [3.63, 3.8) is 0 Å². The number of nitrogens with one attached hydrogen (secondary N) is 1. The van der Waals surface area contributed by atoms with Gasteiger partial charge in [0.15, 0.2) is 0 Å². The van der Waals surface area contributed by atoms with Crippen molar-refractivity contribution in [2.75, 3.05) is 12.4 Å². The van der Waals surface area contributed by atoms with Crippen LogP contribution >= 0.6 is 11.3 Å². The Labute approximate surface area is 128 Å². The van der Waals surface area contributed by atoms with Gasteiger partial charge in [-0.25, -0.2) is 9.78 Å². The van der Waals surface area contributed by atoms with E-state index in [1.54, 1.807) is 23.3 Å². The molecule has 2 aromatic rings. The SMILES string of the molecule is Cc1ncc(CN(C)C(=O)Nc2ccc3c(c2)CCC3)s1. The van der Waals surface area contributed by atoms with Crippen molar-refractivity contribution in [1.82, 2.24) is 9.88 Å². The standard InChI is InChI=1S/C16H19N3OS/c1-11-17-9-15(21-11)10-19(2)16(20)18-14-7-6-12-4-3-5-13(12)8-14/h6-9H,3-5,10H2,1-2H3,(H,18,20). The summed E-state index contributed by atoms with van der Waals surface area (Å²) >= 11 is 1.62. The number of anilines is 1. The Morgan fingerprint density at radius 2 is 2.19 bits per heavy atom. The molecule has 0 spiro atoms. The van der Waals surface area contributed by atoms with E-state index in [4.69, 9.17) is 0 Å². The van der Waals surface area contributed by atoms with Crippen molar-refractivity contribution in [3.05, 3.63) is 45.4 Å². The number of benzene rings is 1. The molecule has 21 heavy (non-hydrogen) atoms. The minimum absolute atomic E-state index is 0.0843. The number of hydrogen-bond acceptors (Lipinski definition) is 3. The third kappa shape index (κ3) is 3.24. The Morgan fingerprint density at radius 3 is 2.95 bits per heavy atom. The third-order valence-electron chi connectivity index (χ3n) is 3.76. The largest absolute Gasteiger partial charge is 0.322 e. The van der Waals surface area contributed by atoms with E-state index >= 15 is 0 Å². The van der Waals surface area contributed by atoms with Crippen molar-refractivity contribution in [2.24, 2.45) is 0 Å². The van der Waals surface area contributed by atoms with Gasteiger partial charge in [-0.1, -0.05) is 6.07 Å². The van der Waals surface area contributed by atoms with Crippen molar-refractivity contribution in [2.45, 2.75) is 32.7 Å². The summed E-state index contributed by atoms with van der Waals surface area (Å²) in [4.78, 5) is 19.2. The van der Waals surface area contributed by atoms with E-state index in [9.17, 15) is 4.79 Å². The van der Waals surface area contributed by atoms with E-state index in [0.717, 1.165) is 28.4 Å². The maximum absolute atomic E-state index is 12.2. The number of aryl methyl sites for hydroxylation is 3. The Kier molecular flexibility index (Phi) is 3.92. The van der Waals surface area contributed by atoms with Crippen LogP contribution in [0.2, 0.25) is 0 Å². The van der Waals surface area contributed by atoms with Crippen molar-refractivity contribution in [3.8, 4) is 0 Å². The van der Waals surface area contributed by atoms with Gasteiger partial charge in [0.2, 0.25) is 0 Å². The van der Waals surface area contributed by atoms with Gasteiger partial charge in [0.25, 0.3) is 0 Å². The van der Waals surface area contributed by atoms with Gasteiger partial charge >= 0.3 is 6.03 Å². The topological polar surface area (TPSA) is 45.2 Å². The van der Waals surface area contributed by atoms with Crippen LogP contribution in [0.1, 0.15) is 27.4 Å². The normalized spacial score (nSPS) is 13.0. The third-order valence-corrected chi connectivity index (χ3v) is 4.66. The average molecular weight is 301 g/mol. The molecule has 4 nitrogen and oxygen atoms in total. The number of fused-ring (bicyclic) bond motifs is 1. The molecule has 1 aliphatic carbocycles. The zero-order valence-electron chi connectivity index (χ0n) is 12.3. The summed E-state index contributed by atoms with van der Waals surface area (Å²) in [7, 11) is 1.80. The maximum Gasteiger partial charge on any atom is 0.321 e. The van der Waals surface area contributed by atoms with E-state index in [1.807, 2.05) is 19.2 Å². The number of nitrogens with zero attached hydrogens (tertiary/aromatic N) is 2. The minimum atomic E-state index is -0.0843. The highest BCUT2D eigenvalue weighted by Crippen LogP contribution is 2.25. The first-order chi connectivity index (χ1) is 10.1. The summed E-state index contributed by atoms with van der Waals surface area (Å²) in [6, 6.07) is 6.14. The van der Waals surface area contributed by atoms with Gasteiger partial charge in [-0.3, -0.25) is 0 Å². The van der Waals surface area contributed by atoms with Gasteiger partial charge in [-0.05, 0) is 49.4 Å². The van der Waals surface area contributed by atoms with Gasteiger partial charge in [0.05, 0.1) is 11.6 Å². The second-order valence-corrected chi connectivity index (χ2v) is 6.79. The number of carbonyl (C=O) groups is 1. The van der Waals surface area contributed by atoms with E-state index in [0.29, 0.717) is 6.54 Å². The van der Waals surface area contributed by atoms with Crippen LogP contribution in [0.15, 0.2) is 24.4 Å². The van der Waals surface area contributed by atoms with Crippen molar-refractivity contribution < 1.29 is 4.79 Å². The molecular formula is C16H19N3OS. The van der Waals surface area contributed by atoms with Crippen molar-refractivity contribution >= 4 is 23.1 Å². The number of carbonyl (C=O) groups excluding carboxylic acids is 1. The van der Waals surface area contributed by atoms with E-state index in [1.165, 1.54) is 17.5 Å². The quantitative estimate of drug-likeness (QED) is 0.941. The summed E-state index contributed by atoms with van der Waals surface area (Å²) in [5.41, 5.74) is 3.67. The van der Waals surface area contributed by atoms with Crippen LogP contribution in [0.5, 0.6) is 0 Å². The Hall–Kier alpha value is -1.88. The molecule has 1 aliphatic rings. The number of thiazole rings is 1. The second kappa shape index (κ2) is 5.85. The van der Waals surface area contributed by atoms with Crippen molar-refractivity contribution in [1.29, 1.82) is 0 Å². The number of urea groups is 1. The molecule has 3 rings (SSSR count). The smallest absolute Gasteiger partial charge is 0.321 e. The molecule has 1 N–H and O–H groups in total. The molecule has 0 saturated heterocycles. The van der Waals surface area contributed by atoms with Gasteiger partial charge in [-0.2, -0.15) is 0 Å². The molecule has 1 aromatic heterocycles. The monoisotopic (exact) mass is 301 g/mol. The van der Waals surface area contributed by atoms with Crippen LogP contribution in [0.3, 0.4) is 0 Å². The molecule has 1 heterocycles. The first-order valence-corrected chi connectivity index (χ1v) is 7.99. The molecule has 2 amide bonds. The summed E-state index contributed by atoms with van der Waals surface area (Å²) in [6.45, 7) is 2.56. The molecule has 0 aliphatic heterocycles. The lowest BCUT2D eigenvalue weighted by atomic mass is 10.1. The first-order valence-electron chi connectivity index (χ1n) is 7.17. The summed E-state index contributed by atoms with van der Waals surface area (Å²) < 4.78 is 0. The van der Waals surface area contributed by atoms with Crippen LogP contribution in [0.25, 0.3) is 0 Å². The van der Waals surface area contributed by atoms with Gasteiger partial charge in [0.1, 0.15) is 0 Å². The second-order valence-electron chi connectivity index (χ2n) is 5.47. The summed E-state index contributed by atoms with van der Waals surface area (Å²) in [6.07, 6.45) is 5.33. The zero-order valence-corrected chi connectivity index (χ0v) is 13.2. The van der Waals surface area contributed by atoms with Gasteiger partial charge < -0.3 is 10.2 Å². The fraction of sp³-hybridized carbons (Fsp3) is 0.375. The van der Waals surface area contributed by atoms with Crippen LogP contribution in [0.4, 0.5) is 10.5 Å². The highest BCUT2D eigenvalue weighted by atomic mass is 32.1. The predicted octanol–water partition coefficient (Wildman–Crippen LogP) is 3.60. The molecule has 0 fully saturated rings. The van der Waals surface area contributed by atoms with Gasteiger partial charge in [-0.15, -0.1) is 11.3 Å². The summed E-state index contributed by atoms with van der Waals surface area (Å²) in [5, 5.41) is 4.00. The van der Waals surface area contributed by atoms with E-state index < -0.39 is 0 Å². The number of aromatic nitrogens is 1. The molecule has 0 bridgehead atoms. The lowest BCUT2D eigenvalue weighted by Crippen LogP contribution is -2.30. The molecule has 110 valence electrons. The lowest BCUT2D eigenvalue weighted by Gasteiger charge is -2.17. The van der Waals surface area contributed by atoms with Crippen LogP contribution in [-0.2, 0) is 19.4 Å². The Bertz CT molecular complexity index is 665. The molecule has 0 radical (unpaired) electrons. The van der Waals surface area contributed by atoms with Gasteiger partial charge in [0, 0.05) is 23.8 Å². The molecule has 5 heteroatoms. The molecule has 0 atom stereocenters. The highest BCUT2D eigenvalue weighted by Gasteiger charge is 2.14. The van der Waals surface area contributed by atoms with E-state index in [-0.39, 0.29) is 6.03 Å². The zero-order chi connectivity index (χ0) is 14.8. The van der Waals surface area contributed by atoms with E-state index in [2.05, 4.69) is 22.4 Å². The lowest BCUT2D eigenvalue weighted by molar-refractivity contribution is 0.221. The number of rotatable bonds is 3. The molecule has 0 unspecified atom stereocenters. The number of hydrogen-bond donors (Lipinski definition) is 1. The predicted molar refractivity (Wildman–Crippen MR) is 85.8 cm³/mol. The molecule has 0 saturated carbocycles. The maximum atomic E-state index is 12.2. The molecule has 1 aromatic carbocycles. The highest BCUT2D eigenvalue weighted by molar-refractivity contribution is 7.11. The minimum Gasteiger partial charge on any atom is -0.322 e. The molecular weight excluding hydrogens is 282 g/mol. The average Bonchev–Trinajstić information content (AvgIpc) is 3.07.